The van der Waals surface area contributed by atoms with Crippen molar-refractivity contribution in [3.63, 3.8) is 0 Å². The summed E-state index contributed by atoms with van der Waals surface area (Å²) in [5, 5.41) is 9.82. The van der Waals surface area contributed by atoms with Gasteiger partial charge >= 0.3 is 5.97 Å². The van der Waals surface area contributed by atoms with Crippen LogP contribution in [0, 0.1) is 13.8 Å². The molecule has 0 aromatic heterocycles. The van der Waals surface area contributed by atoms with E-state index in [-0.39, 0.29) is 17.5 Å². The quantitative estimate of drug-likeness (QED) is 0.912. The van der Waals surface area contributed by atoms with Crippen LogP contribution >= 0.6 is 11.8 Å². The Morgan fingerprint density at radius 1 is 1.19 bits per heavy atom. The summed E-state index contributed by atoms with van der Waals surface area (Å²) in [6, 6.07) is 3.69. The van der Waals surface area contributed by atoms with Crippen LogP contribution < -0.4 is 0 Å². The Morgan fingerprint density at radius 2 is 1.76 bits per heavy atom. The first-order chi connectivity index (χ1) is 9.84. The number of rotatable bonds is 2. The van der Waals surface area contributed by atoms with Gasteiger partial charge in [0.1, 0.15) is 0 Å². The van der Waals surface area contributed by atoms with Crippen LogP contribution in [0.25, 0.3) is 0 Å². The van der Waals surface area contributed by atoms with Crippen molar-refractivity contribution >= 4 is 23.6 Å². The summed E-state index contributed by atoms with van der Waals surface area (Å²) < 4.78 is 0. The third-order valence-corrected chi connectivity index (χ3v) is 5.53. The fourth-order valence-electron chi connectivity index (χ4n) is 2.73. The summed E-state index contributed by atoms with van der Waals surface area (Å²) in [5.74, 6) is -0.301. The van der Waals surface area contributed by atoms with E-state index in [2.05, 4.69) is 6.92 Å². The van der Waals surface area contributed by atoms with E-state index in [1.54, 1.807) is 19.9 Å². The lowest BCUT2D eigenvalue weighted by molar-refractivity contribution is 0.0653. The number of thioether (sulfide) groups is 1. The van der Waals surface area contributed by atoms with Crippen LogP contribution in [-0.4, -0.2) is 45.5 Å². The Labute approximate surface area is 129 Å². The van der Waals surface area contributed by atoms with Gasteiger partial charge in [-0.15, -0.1) is 0 Å². The monoisotopic (exact) mass is 307 g/mol. The molecular weight excluding hydrogens is 286 g/mol. The average Bonchev–Trinajstić information content (AvgIpc) is 2.43. The summed E-state index contributed by atoms with van der Waals surface area (Å²) in [5.41, 5.74) is 1.83. The Bertz CT molecular complexity index is 585. The van der Waals surface area contributed by atoms with Gasteiger partial charge in [-0.05, 0) is 31.9 Å². The SMILES string of the molecule is Cc1ccc(C)c(C(=O)N2CCSC(C)C2C)c1C(=O)O. The molecule has 0 spiro atoms. The van der Waals surface area contributed by atoms with Gasteiger partial charge in [-0.25, -0.2) is 4.79 Å². The predicted molar refractivity (Wildman–Crippen MR) is 85.3 cm³/mol. The number of carboxylic acids is 1. The molecule has 21 heavy (non-hydrogen) atoms. The number of benzene rings is 1. The van der Waals surface area contributed by atoms with Crippen molar-refractivity contribution < 1.29 is 14.7 Å². The van der Waals surface area contributed by atoms with Crippen molar-refractivity contribution in [2.75, 3.05) is 12.3 Å². The molecule has 0 bridgehead atoms. The van der Waals surface area contributed by atoms with Gasteiger partial charge in [-0.2, -0.15) is 11.8 Å². The first-order valence-electron chi connectivity index (χ1n) is 7.10. The molecule has 1 fully saturated rings. The van der Waals surface area contributed by atoms with Gasteiger partial charge < -0.3 is 10.0 Å². The molecule has 1 aromatic rings. The van der Waals surface area contributed by atoms with E-state index in [9.17, 15) is 14.7 Å². The number of hydrogen-bond acceptors (Lipinski definition) is 3. The molecule has 1 aliphatic heterocycles. The maximum absolute atomic E-state index is 12.9. The highest BCUT2D eigenvalue weighted by molar-refractivity contribution is 8.00. The molecule has 0 saturated carbocycles. The van der Waals surface area contributed by atoms with E-state index in [4.69, 9.17) is 0 Å². The maximum atomic E-state index is 12.9. The standard InChI is InChI=1S/C16H21NO3S/c1-9-5-6-10(2)14(16(19)20)13(9)15(18)17-7-8-21-12(4)11(17)3/h5-6,11-12H,7-8H2,1-4H3,(H,19,20). The third-order valence-electron chi connectivity index (χ3n) is 4.19. The van der Waals surface area contributed by atoms with Gasteiger partial charge in [0.25, 0.3) is 5.91 Å². The lowest BCUT2D eigenvalue weighted by Crippen LogP contribution is -2.48. The number of carbonyl (C=O) groups is 2. The molecule has 1 heterocycles. The molecule has 1 amide bonds. The van der Waals surface area contributed by atoms with Gasteiger partial charge in [-0.3, -0.25) is 4.79 Å². The lowest BCUT2D eigenvalue weighted by Gasteiger charge is -2.38. The highest BCUT2D eigenvalue weighted by Gasteiger charge is 2.32. The molecule has 1 saturated heterocycles. The molecule has 1 N–H and O–H groups in total. The zero-order valence-corrected chi connectivity index (χ0v) is 13.7. The Kier molecular flexibility index (Phi) is 4.61. The van der Waals surface area contributed by atoms with E-state index in [0.29, 0.717) is 22.9 Å². The molecular formula is C16H21NO3S. The Morgan fingerprint density at radius 3 is 2.33 bits per heavy atom. The second-order valence-corrected chi connectivity index (χ2v) is 7.05. The fraction of sp³-hybridized carbons (Fsp3) is 0.500. The number of nitrogens with zero attached hydrogens (tertiary/aromatic N) is 1. The highest BCUT2D eigenvalue weighted by atomic mass is 32.2. The molecule has 0 aliphatic carbocycles. The van der Waals surface area contributed by atoms with Crippen LogP contribution in [-0.2, 0) is 0 Å². The minimum atomic E-state index is -1.04. The molecule has 5 heteroatoms. The molecule has 2 atom stereocenters. The third kappa shape index (κ3) is 2.93. The van der Waals surface area contributed by atoms with Crippen molar-refractivity contribution in [2.24, 2.45) is 0 Å². The largest absolute Gasteiger partial charge is 0.478 e. The summed E-state index contributed by atoms with van der Waals surface area (Å²) in [6.45, 7) is 8.33. The van der Waals surface area contributed by atoms with Gasteiger partial charge in [0.15, 0.2) is 0 Å². The highest BCUT2D eigenvalue weighted by Crippen LogP contribution is 2.28. The van der Waals surface area contributed by atoms with E-state index in [1.807, 2.05) is 29.7 Å². The summed E-state index contributed by atoms with van der Waals surface area (Å²) >= 11 is 1.85. The van der Waals surface area contributed by atoms with Gasteiger partial charge in [0.05, 0.1) is 11.1 Å². The topological polar surface area (TPSA) is 57.6 Å². The zero-order valence-electron chi connectivity index (χ0n) is 12.8. The molecule has 1 aromatic carbocycles. The number of aryl methyl sites for hydroxylation is 2. The van der Waals surface area contributed by atoms with Crippen molar-refractivity contribution in [3.8, 4) is 0 Å². The molecule has 0 radical (unpaired) electrons. The number of carboxylic acid groups (broad SMARTS) is 1. The van der Waals surface area contributed by atoms with Crippen molar-refractivity contribution in [2.45, 2.75) is 39.0 Å². The number of amides is 1. The normalized spacial score (nSPS) is 22.2. The Balaban J connectivity index is 2.48. The molecule has 1 aliphatic rings. The Hall–Kier alpha value is -1.49. The van der Waals surface area contributed by atoms with Gasteiger partial charge in [0, 0.05) is 23.6 Å². The molecule has 4 nitrogen and oxygen atoms in total. The van der Waals surface area contributed by atoms with Crippen LogP contribution in [0.1, 0.15) is 45.7 Å². The van der Waals surface area contributed by atoms with Gasteiger partial charge in [-0.1, -0.05) is 19.1 Å². The molecule has 114 valence electrons. The molecule has 2 rings (SSSR count). The summed E-state index contributed by atoms with van der Waals surface area (Å²) in [4.78, 5) is 26.3. The second-order valence-electron chi connectivity index (χ2n) is 5.57. The average molecular weight is 307 g/mol. The predicted octanol–water partition coefficient (Wildman–Crippen LogP) is 2.97. The van der Waals surface area contributed by atoms with E-state index >= 15 is 0 Å². The maximum Gasteiger partial charge on any atom is 0.336 e. The van der Waals surface area contributed by atoms with Crippen LogP contribution in [0.3, 0.4) is 0 Å². The van der Waals surface area contributed by atoms with Crippen LogP contribution in [0.4, 0.5) is 0 Å². The van der Waals surface area contributed by atoms with Gasteiger partial charge in [0.2, 0.25) is 0 Å². The minimum Gasteiger partial charge on any atom is -0.478 e. The number of carbonyl (C=O) groups excluding carboxylic acids is 1. The van der Waals surface area contributed by atoms with Crippen LogP contribution in [0.15, 0.2) is 12.1 Å². The summed E-state index contributed by atoms with van der Waals surface area (Å²) in [6.07, 6.45) is 0. The van der Waals surface area contributed by atoms with E-state index in [0.717, 1.165) is 11.3 Å². The first-order valence-corrected chi connectivity index (χ1v) is 8.15. The smallest absolute Gasteiger partial charge is 0.336 e. The minimum absolute atomic E-state index is 0.109. The second kappa shape index (κ2) is 6.10. The van der Waals surface area contributed by atoms with E-state index in [1.165, 1.54) is 0 Å². The van der Waals surface area contributed by atoms with Crippen LogP contribution in [0.5, 0.6) is 0 Å². The zero-order chi connectivity index (χ0) is 15.7. The summed E-state index contributed by atoms with van der Waals surface area (Å²) in [7, 11) is 0. The van der Waals surface area contributed by atoms with Crippen molar-refractivity contribution in [3.05, 3.63) is 34.4 Å². The number of aromatic carboxylic acids is 1. The van der Waals surface area contributed by atoms with Crippen molar-refractivity contribution in [1.29, 1.82) is 0 Å². The van der Waals surface area contributed by atoms with Crippen LogP contribution in [0.2, 0.25) is 0 Å². The van der Waals surface area contributed by atoms with Crippen molar-refractivity contribution in [1.82, 2.24) is 4.90 Å². The fourth-order valence-corrected chi connectivity index (χ4v) is 3.82. The lowest BCUT2D eigenvalue weighted by atomic mass is 9.95. The molecule has 2 unspecified atom stereocenters. The number of hydrogen-bond donors (Lipinski definition) is 1. The van der Waals surface area contributed by atoms with E-state index < -0.39 is 5.97 Å². The first kappa shape index (κ1) is 15.9.